The molecule has 1 aliphatic rings. The predicted octanol–water partition coefficient (Wildman–Crippen LogP) is 2.87. The lowest BCUT2D eigenvalue weighted by molar-refractivity contribution is 0.0324. The van der Waals surface area contributed by atoms with Gasteiger partial charge in [-0.1, -0.05) is 35.3 Å². The SMILES string of the molecule is OC(CNCc1cccc(Cl)c1Cl)COCC1CC1. The van der Waals surface area contributed by atoms with E-state index in [1.165, 1.54) is 12.8 Å². The van der Waals surface area contributed by atoms with Crippen LogP contribution in [0.25, 0.3) is 0 Å². The number of ether oxygens (including phenoxy) is 1. The summed E-state index contributed by atoms with van der Waals surface area (Å²) in [6.07, 6.45) is 2.04. The highest BCUT2D eigenvalue weighted by Crippen LogP contribution is 2.28. The van der Waals surface area contributed by atoms with E-state index in [1.54, 1.807) is 6.07 Å². The van der Waals surface area contributed by atoms with Gasteiger partial charge in [-0.15, -0.1) is 0 Å². The first-order chi connectivity index (χ1) is 9.16. The Balaban J connectivity index is 1.63. The number of hydrogen-bond acceptors (Lipinski definition) is 3. The average Bonchev–Trinajstić information content (AvgIpc) is 3.19. The van der Waals surface area contributed by atoms with Crippen molar-refractivity contribution >= 4 is 23.2 Å². The van der Waals surface area contributed by atoms with E-state index in [9.17, 15) is 5.11 Å². The van der Waals surface area contributed by atoms with Crippen molar-refractivity contribution in [3.05, 3.63) is 33.8 Å². The number of hydrogen-bond donors (Lipinski definition) is 2. The van der Waals surface area contributed by atoms with Gasteiger partial charge in [-0.05, 0) is 30.4 Å². The van der Waals surface area contributed by atoms with Gasteiger partial charge in [0.25, 0.3) is 0 Å². The molecule has 19 heavy (non-hydrogen) atoms. The van der Waals surface area contributed by atoms with Crippen molar-refractivity contribution in [1.29, 1.82) is 0 Å². The van der Waals surface area contributed by atoms with Crippen LogP contribution in [0.15, 0.2) is 18.2 Å². The van der Waals surface area contributed by atoms with E-state index in [2.05, 4.69) is 5.32 Å². The highest BCUT2D eigenvalue weighted by atomic mass is 35.5. The van der Waals surface area contributed by atoms with Gasteiger partial charge in [-0.2, -0.15) is 0 Å². The number of benzene rings is 1. The van der Waals surface area contributed by atoms with Crippen molar-refractivity contribution < 1.29 is 9.84 Å². The highest BCUT2D eigenvalue weighted by molar-refractivity contribution is 6.42. The van der Waals surface area contributed by atoms with Crippen LogP contribution in [0.1, 0.15) is 18.4 Å². The highest BCUT2D eigenvalue weighted by Gasteiger charge is 2.21. The number of nitrogens with one attached hydrogen (secondary N) is 1. The first-order valence-electron chi connectivity index (χ1n) is 6.56. The van der Waals surface area contributed by atoms with E-state index in [0.29, 0.717) is 29.7 Å². The lowest BCUT2D eigenvalue weighted by Gasteiger charge is -2.13. The van der Waals surface area contributed by atoms with Gasteiger partial charge in [0.2, 0.25) is 0 Å². The Morgan fingerprint density at radius 2 is 2.16 bits per heavy atom. The molecule has 1 unspecified atom stereocenters. The lowest BCUT2D eigenvalue weighted by atomic mass is 10.2. The van der Waals surface area contributed by atoms with Crippen LogP contribution in [0.3, 0.4) is 0 Å². The maximum absolute atomic E-state index is 9.74. The Labute approximate surface area is 123 Å². The predicted molar refractivity (Wildman–Crippen MR) is 77.7 cm³/mol. The molecule has 2 N–H and O–H groups in total. The topological polar surface area (TPSA) is 41.5 Å². The average molecular weight is 304 g/mol. The van der Waals surface area contributed by atoms with Crippen LogP contribution in [0.5, 0.6) is 0 Å². The van der Waals surface area contributed by atoms with Gasteiger partial charge in [0.1, 0.15) is 0 Å². The lowest BCUT2D eigenvalue weighted by Crippen LogP contribution is -2.30. The van der Waals surface area contributed by atoms with E-state index < -0.39 is 6.10 Å². The first-order valence-corrected chi connectivity index (χ1v) is 7.32. The van der Waals surface area contributed by atoms with Crippen molar-refractivity contribution in [2.45, 2.75) is 25.5 Å². The zero-order chi connectivity index (χ0) is 13.7. The number of rotatable bonds is 8. The molecule has 106 valence electrons. The molecular weight excluding hydrogens is 285 g/mol. The van der Waals surface area contributed by atoms with Gasteiger partial charge in [-0.3, -0.25) is 0 Å². The molecule has 0 bridgehead atoms. The molecule has 0 radical (unpaired) electrons. The van der Waals surface area contributed by atoms with E-state index in [4.69, 9.17) is 27.9 Å². The van der Waals surface area contributed by atoms with Crippen molar-refractivity contribution in [3.63, 3.8) is 0 Å². The second kappa shape index (κ2) is 7.46. The smallest absolute Gasteiger partial charge is 0.0897 e. The normalized spacial score (nSPS) is 16.6. The van der Waals surface area contributed by atoms with Crippen molar-refractivity contribution in [2.75, 3.05) is 19.8 Å². The first kappa shape index (κ1) is 15.1. The fourth-order valence-electron chi connectivity index (χ4n) is 1.77. The molecule has 0 saturated heterocycles. The molecule has 0 aromatic heterocycles. The maximum Gasteiger partial charge on any atom is 0.0897 e. The second-order valence-corrected chi connectivity index (χ2v) is 5.76. The summed E-state index contributed by atoms with van der Waals surface area (Å²) in [5, 5.41) is 14.0. The minimum Gasteiger partial charge on any atom is -0.389 e. The van der Waals surface area contributed by atoms with Crippen LogP contribution in [-0.2, 0) is 11.3 Å². The number of aliphatic hydroxyl groups excluding tert-OH is 1. The van der Waals surface area contributed by atoms with Gasteiger partial charge in [0, 0.05) is 19.7 Å². The molecule has 0 heterocycles. The zero-order valence-electron chi connectivity index (χ0n) is 10.7. The molecular formula is C14H19Cl2NO2. The van der Waals surface area contributed by atoms with Crippen LogP contribution in [-0.4, -0.2) is 31.0 Å². The third-order valence-corrected chi connectivity index (χ3v) is 3.95. The Bertz CT molecular complexity index is 410. The van der Waals surface area contributed by atoms with Crippen LogP contribution in [0, 0.1) is 5.92 Å². The Morgan fingerprint density at radius 1 is 1.37 bits per heavy atom. The minimum absolute atomic E-state index is 0.382. The Morgan fingerprint density at radius 3 is 2.89 bits per heavy atom. The van der Waals surface area contributed by atoms with Gasteiger partial charge in [0.05, 0.1) is 22.8 Å². The summed E-state index contributed by atoms with van der Waals surface area (Å²) in [4.78, 5) is 0. The van der Waals surface area contributed by atoms with Crippen molar-refractivity contribution in [1.82, 2.24) is 5.32 Å². The second-order valence-electron chi connectivity index (χ2n) is 4.98. The maximum atomic E-state index is 9.74. The molecule has 2 rings (SSSR count). The van der Waals surface area contributed by atoms with Gasteiger partial charge >= 0.3 is 0 Å². The Hall–Kier alpha value is -0.320. The third-order valence-electron chi connectivity index (χ3n) is 3.09. The van der Waals surface area contributed by atoms with Crippen LogP contribution >= 0.6 is 23.2 Å². The van der Waals surface area contributed by atoms with E-state index in [0.717, 1.165) is 18.1 Å². The van der Waals surface area contributed by atoms with E-state index in [1.807, 2.05) is 12.1 Å². The molecule has 0 aliphatic heterocycles. The van der Waals surface area contributed by atoms with Crippen LogP contribution in [0.4, 0.5) is 0 Å². The number of halogens is 2. The summed E-state index contributed by atoms with van der Waals surface area (Å²) < 4.78 is 5.43. The largest absolute Gasteiger partial charge is 0.389 e. The van der Waals surface area contributed by atoms with Gasteiger partial charge in [-0.25, -0.2) is 0 Å². The summed E-state index contributed by atoms with van der Waals surface area (Å²) in [5.74, 6) is 0.727. The standard InChI is InChI=1S/C14H19Cl2NO2/c15-13-3-1-2-11(14(13)16)6-17-7-12(18)9-19-8-10-4-5-10/h1-3,10,12,17-18H,4-9H2. The zero-order valence-corrected chi connectivity index (χ0v) is 12.3. The molecule has 0 amide bonds. The minimum atomic E-state index is -0.489. The molecule has 3 nitrogen and oxygen atoms in total. The van der Waals surface area contributed by atoms with E-state index >= 15 is 0 Å². The van der Waals surface area contributed by atoms with Crippen LogP contribution in [0.2, 0.25) is 10.0 Å². The molecule has 1 saturated carbocycles. The van der Waals surface area contributed by atoms with Gasteiger partial charge in [0.15, 0.2) is 0 Å². The summed E-state index contributed by atoms with van der Waals surface area (Å²) in [5.41, 5.74) is 0.931. The third kappa shape index (κ3) is 5.28. The molecule has 1 atom stereocenters. The summed E-state index contributed by atoms with van der Waals surface area (Å²) in [6.45, 7) is 2.22. The molecule has 1 aliphatic carbocycles. The van der Waals surface area contributed by atoms with E-state index in [-0.39, 0.29) is 0 Å². The van der Waals surface area contributed by atoms with Crippen LogP contribution < -0.4 is 5.32 Å². The van der Waals surface area contributed by atoms with Crippen molar-refractivity contribution in [3.8, 4) is 0 Å². The molecule has 1 fully saturated rings. The summed E-state index contributed by atoms with van der Waals surface area (Å²) in [7, 11) is 0. The fraction of sp³-hybridized carbons (Fsp3) is 0.571. The van der Waals surface area contributed by atoms with Gasteiger partial charge < -0.3 is 15.2 Å². The summed E-state index contributed by atoms with van der Waals surface area (Å²) >= 11 is 12.0. The monoisotopic (exact) mass is 303 g/mol. The fourth-order valence-corrected chi connectivity index (χ4v) is 2.16. The van der Waals surface area contributed by atoms with Crippen molar-refractivity contribution in [2.24, 2.45) is 5.92 Å². The molecule has 0 spiro atoms. The number of aliphatic hydroxyl groups is 1. The molecule has 5 heteroatoms. The molecule has 1 aromatic rings. The Kier molecular flexibility index (Phi) is 5.92. The molecule has 1 aromatic carbocycles. The summed E-state index contributed by atoms with van der Waals surface area (Å²) in [6, 6.07) is 5.53. The quantitative estimate of drug-likeness (QED) is 0.776.